The van der Waals surface area contributed by atoms with Crippen molar-refractivity contribution in [2.24, 2.45) is 0 Å². The number of hydrogen-bond acceptors (Lipinski definition) is 6. The Morgan fingerprint density at radius 1 is 1.35 bits per heavy atom. The normalized spacial score (nSPS) is 11.3. The topological polar surface area (TPSA) is 131 Å². The molecule has 0 saturated carbocycles. The third kappa shape index (κ3) is 2.59. The molecule has 1 aromatic carbocycles. The Morgan fingerprint density at radius 3 is 2.60 bits per heavy atom. The van der Waals surface area contributed by atoms with Crippen LogP contribution < -0.4 is 4.72 Å². The van der Waals surface area contributed by atoms with Crippen molar-refractivity contribution in [1.29, 1.82) is 0 Å². The van der Waals surface area contributed by atoms with Gasteiger partial charge in [0.15, 0.2) is 4.90 Å². The molecule has 20 heavy (non-hydrogen) atoms. The molecule has 10 heteroatoms. The first-order chi connectivity index (χ1) is 9.31. The number of H-pyrrole nitrogens is 1. The lowest BCUT2D eigenvalue weighted by Gasteiger charge is -2.07. The average Bonchev–Trinajstić information content (AvgIpc) is 2.73. The van der Waals surface area contributed by atoms with Crippen molar-refractivity contribution >= 4 is 21.7 Å². The molecule has 2 aromatic rings. The van der Waals surface area contributed by atoms with Crippen LogP contribution in [0, 0.1) is 24.0 Å². The summed E-state index contributed by atoms with van der Waals surface area (Å²) in [6, 6.07) is 4.03. The summed E-state index contributed by atoms with van der Waals surface area (Å²) in [5.74, 6) is 0.252. The maximum atomic E-state index is 12.2. The quantitative estimate of drug-likeness (QED) is 0.642. The molecule has 1 aromatic heterocycles. The van der Waals surface area contributed by atoms with Crippen LogP contribution in [0.1, 0.15) is 11.4 Å². The summed E-state index contributed by atoms with van der Waals surface area (Å²) in [6.45, 7) is 3.08. The molecule has 0 bridgehead atoms. The monoisotopic (exact) mass is 297 g/mol. The van der Waals surface area contributed by atoms with Crippen LogP contribution in [0.4, 0.5) is 11.6 Å². The largest absolute Gasteiger partial charge is 0.290 e. The number of nitro benzene ring substituents is 1. The molecule has 0 aliphatic carbocycles. The second-order valence-corrected chi connectivity index (χ2v) is 5.65. The summed E-state index contributed by atoms with van der Waals surface area (Å²) in [7, 11) is -4.14. The molecule has 0 saturated heterocycles. The molecule has 0 atom stereocenters. The average molecular weight is 297 g/mol. The van der Waals surface area contributed by atoms with Gasteiger partial charge in [0, 0.05) is 6.07 Å². The number of hydrogen-bond donors (Lipinski definition) is 2. The summed E-state index contributed by atoms with van der Waals surface area (Å²) in [4.78, 5) is 13.6. The molecule has 9 nitrogen and oxygen atoms in total. The molecule has 0 fully saturated rings. The van der Waals surface area contributed by atoms with E-state index < -0.39 is 25.5 Å². The number of sulfonamides is 1. The van der Waals surface area contributed by atoms with Crippen molar-refractivity contribution in [2.75, 3.05) is 4.72 Å². The van der Waals surface area contributed by atoms with Gasteiger partial charge in [-0.3, -0.25) is 15.2 Å². The third-order valence-electron chi connectivity index (χ3n) is 2.48. The highest BCUT2D eigenvalue weighted by Gasteiger charge is 2.28. The van der Waals surface area contributed by atoms with E-state index in [-0.39, 0.29) is 11.5 Å². The molecular formula is C10H11N5O4S. The van der Waals surface area contributed by atoms with Gasteiger partial charge in [0.05, 0.1) is 4.92 Å². The number of aryl methyl sites for hydroxylation is 2. The minimum Gasteiger partial charge on any atom is -0.261 e. The van der Waals surface area contributed by atoms with Gasteiger partial charge in [-0.15, -0.1) is 5.10 Å². The zero-order chi connectivity index (χ0) is 14.9. The van der Waals surface area contributed by atoms with Gasteiger partial charge < -0.3 is 0 Å². The standard InChI is InChI=1S/C10H11N5O4S/c1-6-4-3-5-8(15(16)17)9(6)20(18,19)14-10-11-7(2)12-13-10/h3-5H,1-2H3,(H2,11,12,13,14). The molecule has 0 amide bonds. The van der Waals surface area contributed by atoms with Crippen LogP contribution in [0.3, 0.4) is 0 Å². The molecule has 1 heterocycles. The summed E-state index contributed by atoms with van der Waals surface area (Å²) in [5.41, 5.74) is -0.233. The summed E-state index contributed by atoms with van der Waals surface area (Å²) >= 11 is 0. The number of benzene rings is 1. The molecule has 0 aliphatic heterocycles. The van der Waals surface area contributed by atoms with Crippen molar-refractivity contribution < 1.29 is 13.3 Å². The Kier molecular flexibility index (Phi) is 3.40. The van der Waals surface area contributed by atoms with Crippen LogP contribution in [-0.2, 0) is 10.0 Å². The van der Waals surface area contributed by atoms with Gasteiger partial charge in [0.25, 0.3) is 21.7 Å². The lowest BCUT2D eigenvalue weighted by Crippen LogP contribution is -2.17. The number of anilines is 1. The van der Waals surface area contributed by atoms with Gasteiger partial charge in [-0.05, 0) is 19.4 Å². The van der Waals surface area contributed by atoms with Gasteiger partial charge in [-0.1, -0.05) is 12.1 Å². The molecule has 0 radical (unpaired) electrons. The van der Waals surface area contributed by atoms with Crippen LogP contribution in [0.5, 0.6) is 0 Å². The third-order valence-corrected chi connectivity index (χ3v) is 4.00. The highest BCUT2D eigenvalue weighted by molar-refractivity contribution is 7.92. The fraction of sp³-hybridized carbons (Fsp3) is 0.200. The molecular weight excluding hydrogens is 286 g/mol. The van der Waals surface area contributed by atoms with Gasteiger partial charge in [0.2, 0.25) is 0 Å². The number of rotatable bonds is 4. The fourth-order valence-electron chi connectivity index (χ4n) is 1.69. The molecule has 2 rings (SSSR count). The van der Waals surface area contributed by atoms with Crippen molar-refractivity contribution in [3.05, 3.63) is 39.7 Å². The Bertz CT molecular complexity index is 768. The van der Waals surface area contributed by atoms with E-state index in [1.165, 1.54) is 19.1 Å². The van der Waals surface area contributed by atoms with Crippen LogP contribution >= 0.6 is 0 Å². The first kappa shape index (κ1) is 13.9. The van der Waals surface area contributed by atoms with E-state index in [2.05, 4.69) is 19.9 Å². The summed E-state index contributed by atoms with van der Waals surface area (Å²) < 4.78 is 26.6. The van der Waals surface area contributed by atoms with Crippen molar-refractivity contribution in [2.45, 2.75) is 18.7 Å². The lowest BCUT2D eigenvalue weighted by molar-refractivity contribution is -0.387. The van der Waals surface area contributed by atoms with Gasteiger partial charge in [0.1, 0.15) is 5.82 Å². The SMILES string of the molecule is Cc1nc(NS(=O)(=O)c2c(C)cccc2[N+](=O)[O-])n[nH]1. The van der Waals surface area contributed by atoms with Crippen molar-refractivity contribution in [3.8, 4) is 0 Å². The maximum Gasteiger partial charge on any atom is 0.290 e. The first-order valence-electron chi connectivity index (χ1n) is 5.47. The summed E-state index contributed by atoms with van der Waals surface area (Å²) in [6.07, 6.45) is 0. The smallest absolute Gasteiger partial charge is 0.261 e. The van der Waals surface area contributed by atoms with Gasteiger partial charge in [-0.2, -0.15) is 4.98 Å². The second-order valence-electron chi connectivity index (χ2n) is 4.03. The zero-order valence-corrected chi connectivity index (χ0v) is 11.4. The molecule has 2 N–H and O–H groups in total. The maximum absolute atomic E-state index is 12.2. The molecule has 0 unspecified atom stereocenters. The highest BCUT2D eigenvalue weighted by Crippen LogP contribution is 2.27. The van der Waals surface area contributed by atoms with E-state index in [1.54, 1.807) is 6.92 Å². The number of nitro groups is 1. The van der Waals surface area contributed by atoms with E-state index in [4.69, 9.17) is 0 Å². The van der Waals surface area contributed by atoms with Crippen LogP contribution in [0.25, 0.3) is 0 Å². The van der Waals surface area contributed by atoms with Crippen molar-refractivity contribution in [1.82, 2.24) is 15.2 Å². The Balaban J connectivity index is 2.52. The number of aromatic nitrogens is 3. The van der Waals surface area contributed by atoms with E-state index in [1.807, 2.05) is 0 Å². The van der Waals surface area contributed by atoms with Gasteiger partial charge >= 0.3 is 0 Å². The number of nitrogens with zero attached hydrogens (tertiary/aromatic N) is 3. The van der Waals surface area contributed by atoms with E-state index in [0.717, 1.165) is 6.07 Å². The highest BCUT2D eigenvalue weighted by atomic mass is 32.2. The van der Waals surface area contributed by atoms with E-state index in [9.17, 15) is 18.5 Å². The second kappa shape index (κ2) is 4.89. The van der Waals surface area contributed by atoms with Crippen LogP contribution in [-0.4, -0.2) is 28.5 Å². The molecule has 0 aliphatic rings. The Morgan fingerprint density at radius 2 is 2.05 bits per heavy atom. The van der Waals surface area contributed by atoms with Crippen molar-refractivity contribution in [3.63, 3.8) is 0 Å². The Hall–Kier alpha value is -2.49. The fourth-order valence-corrected chi connectivity index (χ4v) is 3.03. The van der Waals surface area contributed by atoms with Gasteiger partial charge in [-0.25, -0.2) is 13.1 Å². The zero-order valence-electron chi connectivity index (χ0n) is 10.6. The Labute approximate surface area is 114 Å². The predicted molar refractivity (Wildman–Crippen MR) is 69.8 cm³/mol. The molecule has 106 valence electrons. The molecule has 0 spiro atoms. The minimum atomic E-state index is -4.14. The lowest BCUT2D eigenvalue weighted by atomic mass is 10.2. The van der Waals surface area contributed by atoms with E-state index in [0.29, 0.717) is 5.82 Å². The minimum absolute atomic E-state index is 0.167. The summed E-state index contributed by atoms with van der Waals surface area (Å²) in [5, 5.41) is 17.1. The van der Waals surface area contributed by atoms with Crippen LogP contribution in [0.2, 0.25) is 0 Å². The van der Waals surface area contributed by atoms with Crippen LogP contribution in [0.15, 0.2) is 23.1 Å². The van der Waals surface area contributed by atoms with E-state index >= 15 is 0 Å². The number of aromatic amines is 1. The first-order valence-corrected chi connectivity index (χ1v) is 6.95. The predicted octanol–water partition coefficient (Wildman–Crippen LogP) is 1.13. The number of nitrogens with one attached hydrogen (secondary N) is 2.